The van der Waals surface area contributed by atoms with Crippen molar-refractivity contribution in [3.05, 3.63) is 24.3 Å². The van der Waals surface area contributed by atoms with Gasteiger partial charge in [0.2, 0.25) is 0 Å². The Hall–Kier alpha value is -1.71. The van der Waals surface area contributed by atoms with E-state index in [4.69, 9.17) is 9.47 Å². The van der Waals surface area contributed by atoms with Gasteiger partial charge in [0.15, 0.2) is 6.10 Å². The Kier molecular flexibility index (Phi) is 6.56. The van der Waals surface area contributed by atoms with Crippen LogP contribution in [0.2, 0.25) is 0 Å². The van der Waals surface area contributed by atoms with E-state index in [0.717, 1.165) is 18.6 Å². The molecule has 22 heavy (non-hydrogen) atoms. The molecule has 2 rings (SSSR count). The number of rotatable bonds is 6. The Morgan fingerprint density at radius 2 is 1.91 bits per heavy atom. The Bertz CT molecular complexity index is 467. The highest BCUT2D eigenvalue weighted by atomic mass is 16.5. The molecule has 1 N–H and O–H groups in total. The van der Waals surface area contributed by atoms with Gasteiger partial charge in [-0.1, -0.05) is 38.7 Å². The van der Waals surface area contributed by atoms with Crippen LogP contribution in [0.4, 0.5) is 0 Å². The van der Waals surface area contributed by atoms with Gasteiger partial charge in [-0.2, -0.15) is 0 Å². The lowest BCUT2D eigenvalue weighted by Crippen LogP contribution is -2.43. The summed E-state index contributed by atoms with van der Waals surface area (Å²) in [4.78, 5) is 12.4. The average Bonchev–Trinajstić information content (AvgIpc) is 2.81. The van der Waals surface area contributed by atoms with Crippen LogP contribution in [0.1, 0.15) is 51.9 Å². The van der Waals surface area contributed by atoms with E-state index in [9.17, 15) is 4.79 Å². The van der Waals surface area contributed by atoms with Gasteiger partial charge < -0.3 is 14.8 Å². The summed E-state index contributed by atoms with van der Waals surface area (Å²) in [6.45, 7) is 1.97. The summed E-state index contributed by atoms with van der Waals surface area (Å²) in [5.74, 6) is 1.40. The lowest BCUT2D eigenvalue weighted by atomic mass is 10.1. The number of ether oxygens (including phenoxy) is 2. The molecule has 1 aromatic rings. The third-order valence-electron chi connectivity index (χ3n) is 4.18. The highest BCUT2D eigenvalue weighted by molar-refractivity contribution is 5.81. The predicted octanol–water partition coefficient (Wildman–Crippen LogP) is 3.69. The van der Waals surface area contributed by atoms with E-state index >= 15 is 0 Å². The van der Waals surface area contributed by atoms with Gasteiger partial charge in [0, 0.05) is 12.1 Å². The molecule has 1 aliphatic carbocycles. The summed E-state index contributed by atoms with van der Waals surface area (Å²) in [7, 11) is 1.62. The lowest BCUT2D eigenvalue weighted by molar-refractivity contribution is -0.128. The van der Waals surface area contributed by atoms with Crippen molar-refractivity contribution >= 4 is 5.91 Å². The van der Waals surface area contributed by atoms with Crippen molar-refractivity contribution in [2.75, 3.05) is 7.11 Å². The van der Waals surface area contributed by atoms with Crippen LogP contribution in [0, 0.1) is 0 Å². The minimum absolute atomic E-state index is 0.00257. The second-order valence-corrected chi connectivity index (χ2v) is 5.89. The molecule has 1 amide bonds. The minimum Gasteiger partial charge on any atom is -0.497 e. The number of methoxy groups -OCH3 is 1. The highest BCUT2D eigenvalue weighted by Gasteiger charge is 2.22. The maximum Gasteiger partial charge on any atom is 0.261 e. The molecular formula is C18H27NO3. The van der Waals surface area contributed by atoms with Gasteiger partial charge in [0.05, 0.1) is 7.11 Å². The molecule has 0 saturated heterocycles. The van der Waals surface area contributed by atoms with E-state index in [1.54, 1.807) is 7.11 Å². The smallest absolute Gasteiger partial charge is 0.261 e. The molecule has 0 aliphatic heterocycles. The van der Waals surface area contributed by atoms with Gasteiger partial charge in [0.1, 0.15) is 11.5 Å². The molecule has 0 heterocycles. The lowest BCUT2D eigenvalue weighted by Gasteiger charge is -2.22. The van der Waals surface area contributed by atoms with Gasteiger partial charge in [-0.15, -0.1) is 0 Å². The quantitative estimate of drug-likeness (QED) is 0.815. The zero-order valence-electron chi connectivity index (χ0n) is 13.6. The van der Waals surface area contributed by atoms with Crippen LogP contribution in [-0.4, -0.2) is 25.2 Å². The first-order valence-electron chi connectivity index (χ1n) is 8.34. The maximum atomic E-state index is 12.4. The molecule has 1 aromatic carbocycles. The molecule has 0 radical (unpaired) electrons. The van der Waals surface area contributed by atoms with E-state index < -0.39 is 6.10 Å². The van der Waals surface area contributed by atoms with Crippen LogP contribution in [-0.2, 0) is 4.79 Å². The molecule has 1 saturated carbocycles. The van der Waals surface area contributed by atoms with E-state index in [1.807, 2.05) is 31.2 Å². The fourth-order valence-electron chi connectivity index (χ4n) is 2.88. The van der Waals surface area contributed by atoms with Crippen molar-refractivity contribution in [2.45, 2.75) is 64.0 Å². The van der Waals surface area contributed by atoms with Crippen molar-refractivity contribution in [2.24, 2.45) is 0 Å². The Balaban J connectivity index is 1.92. The van der Waals surface area contributed by atoms with Crippen molar-refractivity contribution in [1.82, 2.24) is 5.32 Å². The summed E-state index contributed by atoms with van der Waals surface area (Å²) < 4.78 is 11.0. The third kappa shape index (κ3) is 4.93. The number of amides is 1. The number of hydrogen-bond donors (Lipinski definition) is 1. The second-order valence-electron chi connectivity index (χ2n) is 5.89. The van der Waals surface area contributed by atoms with Gasteiger partial charge in [-0.3, -0.25) is 4.79 Å². The Morgan fingerprint density at radius 3 is 2.55 bits per heavy atom. The monoisotopic (exact) mass is 305 g/mol. The summed E-state index contributed by atoms with van der Waals surface area (Å²) in [6.07, 6.45) is 7.35. The standard InChI is InChI=1S/C18H27NO3/c1-3-17(22-16-12-8-11-15(13-16)21-2)18(20)19-14-9-6-4-5-7-10-14/h8,11-14,17H,3-7,9-10H2,1-2H3,(H,19,20). The largest absolute Gasteiger partial charge is 0.497 e. The number of hydrogen-bond acceptors (Lipinski definition) is 3. The fraction of sp³-hybridized carbons (Fsp3) is 0.611. The Morgan fingerprint density at radius 1 is 1.23 bits per heavy atom. The van der Waals surface area contributed by atoms with Crippen LogP contribution in [0.15, 0.2) is 24.3 Å². The van der Waals surface area contributed by atoms with E-state index in [1.165, 1.54) is 25.7 Å². The molecule has 1 fully saturated rings. The summed E-state index contributed by atoms with van der Waals surface area (Å²) >= 11 is 0. The van der Waals surface area contributed by atoms with Crippen LogP contribution in [0.25, 0.3) is 0 Å². The molecule has 1 atom stereocenters. The molecule has 4 nitrogen and oxygen atoms in total. The summed E-state index contributed by atoms with van der Waals surface area (Å²) in [5.41, 5.74) is 0. The normalized spacial score (nSPS) is 17.4. The van der Waals surface area contributed by atoms with Gasteiger partial charge in [0.25, 0.3) is 5.91 Å². The molecular weight excluding hydrogens is 278 g/mol. The van der Waals surface area contributed by atoms with Crippen LogP contribution in [0.3, 0.4) is 0 Å². The van der Waals surface area contributed by atoms with E-state index in [0.29, 0.717) is 18.2 Å². The molecule has 1 aliphatic rings. The third-order valence-corrected chi connectivity index (χ3v) is 4.18. The SMILES string of the molecule is CCC(Oc1cccc(OC)c1)C(=O)NC1CCCCCC1. The molecule has 4 heteroatoms. The average molecular weight is 305 g/mol. The van der Waals surface area contributed by atoms with Gasteiger partial charge in [-0.05, 0) is 31.4 Å². The number of carbonyl (C=O) groups excluding carboxylic acids is 1. The van der Waals surface area contributed by atoms with E-state index in [2.05, 4.69) is 5.32 Å². The van der Waals surface area contributed by atoms with Crippen LogP contribution >= 0.6 is 0 Å². The van der Waals surface area contributed by atoms with Crippen molar-refractivity contribution in [3.8, 4) is 11.5 Å². The van der Waals surface area contributed by atoms with Gasteiger partial charge in [-0.25, -0.2) is 0 Å². The summed E-state index contributed by atoms with van der Waals surface area (Å²) in [5, 5.41) is 3.16. The molecule has 0 spiro atoms. The molecule has 1 unspecified atom stereocenters. The molecule has 0 bridgehead atoms. The predicted molar refractivity (Wildman–Crippen MR) is 87.3 cm³/mol. The van der Waals surface area contributed by atoms with E-state index in [-0.39, 0.29) is 5.91 Å². The zero-order valence-corrected chi connectivity index (χ0v) is 13.6. The topological polar surface area (TPSA) is 47.6 Å². The second kappa shape index (κ2) is 8.66. The van der Waals surface area contributed by atoms with Crippen LogP contribution < -0.4 is 14.8 Å². The van der Waals surface area contributed by atoms with Crippen molar-refractivity contribution in [1.29, 1.82) is 0 Å². The molecule has 0 aromatic heterocycles. The Labute approximate surface area is 133 Å². The van der Waals surface area contributed by atoms with Crippen LogP contribution in [0.5, 0.6) is 11.5 Å². The van der Waals surface area contributed by atoms with Crippen molar-refractivity contribution in [3.63, 3.8) is 0 Å². The number of carbonyl (C=O) groups is 1. The first kappa shape index (κ1) is 16.7. The fourth-order valence-corrected chi connectivity index (χ4v) is 2.88. The maximum absolute atomic E-state index is 12.4. The summed E-state index contributed by atoms with van der Waals surface area (Å²) in [6, 6.07) is 7.69. The molecule has 122 valence electrons. The zero-order chi connectivity index (χ0) is 15.8. The van der Waals surface area contributed by atoms with Gasteiger partial charge >= 0.3 is 0 Å². The minimum atomic E-state index is -0.449. The van der Waals surface area contributed by atoms with Crippen molar-refractivity contribution < 1.29 is 14.3 Å². The first-order chi connectivity index (χ1) is 10.7. The first-order valence-corrected chi connectivity index (χ1v) is 8.34. The number of benzene rings is 1. The highest BCUT2D eigenvalue weighted by Crippen LogP contribution is 2.21. The number of nitrogens with one attached hydrogen (secondary N) is 1.